The second-order valence-corrected chi connectivity index (χ2v) is 3.74. The highest BCUT2D eigenvalue weighted by molar-refractivity contribution is 5.31. The first-order valence-corrected chi connectivity index (χ1v) is 5.16. The molecule has 0 bridgehead atoms. The molecule has 15 heavy (non-hydrogen) atoms. The molecule has 1 saturated heterocycles. The molecule has 5 nitrogen and oxygen atoms in total. The van der Waals surface area contributed by atoms with Gasteiger partial charge in [-0.25, -0.2) is 9.97 Å². The molecule has 2 N–H and O–H groups in total. The molecule has 2 heterocycles. The molecule has 1 fully saturated rings. The molecule has 0 aliphatic carbocycles. The van der Waals surface area contributed by atoms with Crippen molar-refractivity contribution in [2.24, 2.45) is 5.73 Å². The van der Waals surface area contributed by atoms with Crippen LogP contribution in [0.15, 0.2) is 18.5 Å². The number of morpholine rings is 1. The molecule has 0 aromatic carbocycles. The molecule has 5 heteroatoms. The third-order valence-electron chi connectivity index (χ3n) is 2.58. The predicted molar refractivity (Wildman–Crippen MR) is 57.6 cm³/mol. The van der Waals surface area contributed by atoms with E-state index in [-0.39, 0.29) is 6.10 Å². The summed E-state index contributed by atoms with van der Waals surface area (Å²) < 4.78 is 5.57. The van der Waals surface area contributed by atoms with E-state index < -0.39 is 0 Å². The smallest absolute Gasteiger partial charge is 0.225 e. The van der Waals surface area contributed by atoms with Gasteiger partial charge in [0.1, 0.15) is 0 Å². The lowest BCUT2D eigenvalue weighted by molar-refractivity contribution is 0.0276. The zero-order chi connectivity index (χ0) is 10.7. The predicted octanol–water partition coefficient (Wildman–Crippen LogP) is 0.0290. The Labute approximate surface area is 89.3 Å². The molecule has 0 radical (unpaired) electrons. The van der Waals surface area contributed by atoms with Gasteiger partial charge < -0.3 is 15.4 Å². The van der Waals surface area contributed by atoms with Crippen LogP contribution in [0.4, 0.5) is 5.95 Å². The molecule has 2 rings (SSSR count). The maximum atomic E-state index is 5.60. The first-order valence-electron chi connectivity index (χ1n) is 5.16. The third-order valence-corrected chi connectivity index (χ3v) is 2.58. The number of nitrogens with two attached hydrogens (primary N) is 1. The topological polar surface area (TPSA) is 64.3 Å². The van der Waals surface area contributed by atoms with E-state index in [4.69, 9.17) is 10.5 Å². The van der Waals surface area contributed by atoms with Crippen LogP contribution >= 0.6 is 0 Å². The minimum absolute atomic E-state index is 0.0880. The van der Waals surface area contributed by atoms with Gasteiger partial charge in [-0.1, -0.05) is 0 Å². The van der Waals surface area contributed by atoms with Crippen molar-refractivity contribution >= 4 is 5.95 Å². The van der Waals surface area contributed by atoms with E-state index in [9.17, 15) is 0 Å². The Kier molecular flexibility index (Phi) is 3.13. The summed E-state index contributed by atoms with van der Waals surface area (Å²) >= 11 is 0. The van der Waals surface area contributed by atoms with Gasteiger partial charge >= 0.3 is 0 Å². The number of ether oxygens (including phenoxy) is 1. The molecular formula is C10H16N4O. The normalized spacial score (nSPS) is 26.7. The van der Waals surface area contributed by atoms with E-state index in [1.807, 2.05) is 6.07 Å². The lowest BCUT2D eigenvalue weighted by atomic mass is 10.2. The summed E-state index contributed by atoms with van der Waals surface area (Å²) in [5.74, 6) is 0.756. The van der Waals surface area contributed by atoms with E-state index in [0.717, 1.165) is 12.5 Å². The average molecular weight is 208 g/mol. The van der Waals surface area contributed by atoms with E-state index in [0.29, 0.717) is 19.2 Å². The van der Waals surface area contributed by atoms with Crippen LogP contribution < -0.4 is 10.6 Å². The second-order valence-electron chi connectivity index (χ2n) is 3.74. The van der Waals surface area contributed by atoms with E-state index in [1.165, 1.54) is 0 Å². The monoisotopic (exact) mass is 208 g/mol. The lowest BCUT2D eigenvalue weighted by Crippen LogP contribution is -2.51. The van der Waals surface area contributed by atoms with Gasteiger partial charge in [0.25, 0.3) is 0 Å². The molecule has 1 aliphatic heterocycles. The van der Waals surface area contributed by atoms with Crippen molar-refractivity contribution in [1.29, 1.82) is 0 Å². The Hall–Kier alpha value is -1.20. The van der Waals surface area contributed by atoms with Crippen molar-refractivity contribution in [2.75, 3.05) is 24.6 Å². The van der Waals surface area contributed by atoms with Crippen LogP contribution in [0, 0.1) is 0 Å². The van der Waals surface area contributed by atoms with Crippen LogP contribution in [0.5, 0.6) is 0 Å². The fraction of sp³-hybridized carbons (Fsp3) is 0.600. The minimum Gasteiger partial charge on any atom is -0.373 e. The van der Waals surface area contributed by atoms with Gasteiger partial charge in [-0.15, -0.1) is 0 Å². The van der Waals surface area contributed by atoms with Gasteiger partial charge in [0.15, 0.2) is 0 Å². The summed E-state index contributed by atoms with van der Waals surface area (Å²) in [4.78, 5) is 10.6. The highest BCUT2D eigenvalue weighted by Gasteiger charge is 2.26. The number of anilines is 1. The Morgan fingerprint density at radius 3 is 2.93 bits per heavy atom. The maximum Gasteiger partial charge on any atom is 0.225 e. The molecule has 0 saturated carbocycles. The number of hydrogen-bond acceptors (Lipinski definition) is 5. The molecular weight excluding hydrogens is 192 g/mol. The fourth-order valence-electron chi connectivity index (χ4n) is 1.68. The van der Waals surface area contributed by atoms with E-state index >= 15 is 0 Å². The second kappa shape index (κ2) is 4.55. The Morgan fingerprint density at radius 1 is 1.53 bits per heavy atom. The highest BCUT2D eigenvalue weighted by atomic mass is 16.5. The van der Waals surface area contributed by atoms with Crippen molar-refractivity contribution in [2.45, 2.75) is 19.1 Å². The van der Waals surface area contributed by atoms with Gasteiger partial charge in [0.05, 0.1) is 18.8 Å². The fourth-order valence-corrected chi connectivity index (χ4v) is 1.68. The van der Waals surface area contributed by atoms with Gasteiger partial charge in [0, 0.05) is 25.5 Å². The third kappa shape index (κ3) is 2.24. The molecule has 1 aliphatic rings. The Morgan fingerprint density at radius 2 is 2.27 bits per heavy atom. The molecule has 82 valence electrons. The summed E-state index contributed by atoms with van der Waals surface area (Å²) in [5.41, 5.74) is 5.60. The molecule has 2 atom stereocenters. The Bertz CT molecular complexity index is 306. The SMILES string of the molecule is CC1COC(CN)CN1c1ncccn1. The van der Waals surface area contributed by atoms with Crippen molar-refractivity contribution in [1.82, 2.24) is 9.97 Å². The average Bonchev–Trinajstić information content (AvgIpc) is 2.31. The molecule has 0 amide bonds. The standard InChI is InChI=1S/C10H16N4O/c1-8-7-15-9(5-11)6-14(8)10-12-3-2-4-13-10/h2-4,8-9H,5-7,11H2,1H3. The van der Waals surface area contributed by atoms with E-state index in [2.05, 4.69) is 21.8 Å². The maximum absolute atomic E-state index is 5.60. The minimum atomic E-state index is 0.0880. The van der Waals surface area contributed by atoms with Crippen molar-refractivity contribution in [3.05, 3.63) is 18.5 Å². The molecule has 1 aromatic heterocycles. The van der Waals surface area contributed by atoms with Crippen LogP contribution in [-0.4, -0.2) is 41.8 Å². The molecule has 0 spiro atoms. The lowest BCUT2D eigenvalue weighted by Gasteiger charge is -2.37. The number of hydrogen-bond donors (Lipinski definition) is 1. The quantitative estimate of drug-likeness (QED) is 0.742. The van der Waals surface area contributed by atoms with Crippen LogP contribution in [0.2, 0.25) is 0 Å². The van der Waals surface area contributed by atoms with Gasteiger partial charge in [0.2, 0.25) is 5.95 Å². The number of rotatable bonds is 2. The summed E-state index contributed by atoms with van der Waals surface area (Å²) in [7, 11) is 0. The highest BCUT2D eigenvalue weighted by Crippen LogP contribution is 2.16. The van der Waals surface area contributed by atoms with Crippen molar-refractivity contribution in [3.8, 4) is 0 Å². The largest absolute Gasteiger partial charge is 0.373 e. The number of aromatic nitrogens is 2. The van der Waals surface area contributed by atoms with Crippen LogP contribution in [0.3, 0.4) is 0 Å². The zero-order valence-corrected chi connectivity index (χ0v) is 8.84. The van der Waals surface area contributed by atoms with Crippen LogP contribution in [0.25, 0.3) is 0 Å². The van der Waals surface area contributed by atoms with Crippen LogP contribution in [-0.2, 0) is 4.74 Å². The Balaban J connectivity index is 2.13. The molecule has 2 unspecified atom stereocenters. The summed E-state index contributed by atoms with van der Waals surface area (Å²) in [5, 5.41) is 0. The van der Waals surface area contributed by atoms with Crippen molar-refractivity contribution < 1.29 is 4.74 Å². The van der Waals surface area contributed by atoms with Crippen LogP contribution in [0.1, 0.15) is 6.92 Å². The summed E-state index contributed by atoms with van der Waals surface area (Å²) in [6.45, 7) is 4.08. The van der Waals surface area contributed by atoms with Crippen molar-refractivity contribution in [3.63, 3.8) is 0 Å². The first kappa shape index (κ1) is 10.3. The van der Waals surface area contributed by atoms with Gasteiger partial charge in [-0.2, -0.15) is 0 Å². The summed E-state index contributed by atoms with van der Waals surface area (Å²) in [6, 6.07) is 2.12. The van der Waals surface area contributed by atoms with Gasteiger partial charge in [-0.05, 0) is 13.0 Å². The molecule has 1 aromatic rings. The summed E-state index contributed by atoms with van der Waals surface area (Å²) in [6.07, 6.45) is 3.59. The van der Waals surface area contributed by atoms with E-state index in [1.54, 1.807) is 12.4 Å². The number of nitrogens with zero attached hydrogens (tertiary/aromatic N) is 3. The first-order chi connectivity index (χ1) is 7.31. The zero-order valence-electron chi connectivity index (χ0n) is 8.84. The van der Waals surface area contributed by atoms with Gasteiger partial charge in [-0.3, -0.25) is 0 Å².